The van der Waals surface area contributed by atoms with Crippen LogP contribution in [0, 0.1) is 5.92 Å². The summed E-state index contributed by atoms with van der Waals surface area (Å²) in [5.41, 5.74) is 0.893. The van der Waals surface area contributed by atoms with Gasteiger partial charge in [-0.2, -0.15) is 0 Å². The largest absolute Gasteiger partial charge is 0.325 e. The highest BCUT2D eigenvalue weighted by Gasteiger charge is 2.38. The van der Waals surface area contributed by atoms with Crippen molar-refractivity contribution in [2.45, 2.75) is 49.1 Å². The molecule has 0 radical (unpaired) electrons. The molecule has 1 heterocycles. The summed E-state index contributed by atoms with van der Waals surface area (Å²) in [7, 11) is 0. The zero-order chi connectivity index (χ0) is 13.9. The molecule has 20 heavy (non-hydrogen) atoms. The quantitative estimate of drug-likeness (QED) is 0.840. The number of fused-ring (bicyclic) bond motifs is 1. The van der Waals surface area contributed by atoms with E-state index in [0.29, 0.717) is 12.0 Å². The van der Waals surface area contributed by atoms with E-state index in [1.54, 1.807) is 11.8 Å². The first-order valence-electron chi connectivity index (χ1n) is 7.47. The SMILES string of the molecule is CSc1ccc(NC(=O)C2CC3CCCCC3N2)cc1. The maximum atomic E-state index is 12.3. The Kier molecular flexibility index (Phi) is 4.32. The second kappa shape index (κ2) is 6.19. The lowest BCUT2D eigenvalue weighted by molar-refractivity contribution is -0.117. The van der Waals surface area contributed by atoms with Crippen LogP contribution in [0.2, 0.25) is 0 Å². The smallest absolute Gasteiger partial charge is 0.241 e. The van der Waals surface area contributed by atoms with Crippen molar-refractivity contribution in [3.05, 3.63) is 24.3 Å². The Hall–Kier alpha value is -1.00. The molecule has 1 amide bonds. The second-order valence-corrected chi connectivity index (χ2v) is 6.70. The van der Waals surface area contributed by atoms with Crippen LogP contribution in [0.5, 0.6) is 0 Å². The van der Waals surface area contributed by atoms with Crippen molar-refractivity contribution < 1.29 is 4.79 Å². The fraction of sp³-hybridized carbons (Fsp3) is 0.562. The Labute approximate surface area is 124 Å². The van der Waals surface area contributed by atoms with Crippen LogP contribution in [-0.2, 0) is 4.79 Å². The van der Waals surface area contributed by atoms with Crippen molar-refractivity contribution in [3.63, 3.8) is 0 Å². The van der Waals surface area contributed by atoms with E-state index in [1.807, 2.05) is 24.3 Å². The minimum atomic E-state index is -0.0108. The van der Waals surface area contributed by atoms with Crippen LogP contribution < -0.4 is 10.6 Å². The molecule has 3 nitrogen and oxygen atoms in total. The summed E-state index contributed by atoms with van der Waals surface area (Å²) in [6, 6.07) is 8.60. The van der Waals surface area contributed by atoms with E-state index < -0.39 is 0 Å². The summed E-state index contributed by atoms with van der Waals surface area (Å²) in [5, 5.41) is 6.55. The summed E-state index contributed by atoms with van der Waals surface area (Å²) in [5.74, 6) is 0.828. The molecule has 3 unspecified atom stereocenters. The molecule has 3 atom stereocenters. The molecule has 2 N–H and O–H groups in total. The van der Waals surface area contributed by atoms with Crippen molar-refractivity contribution in [1.29, 1.82) is 0 Å². The minimum absolute atomic E-state index is 0.0108. The molecule has 108 valence electrons. The highest BCUT2D eigenvalue weighted by molar-refractivity contribution is 7.98. The Morgan fingerprint density at radius 3 is 2.70 bits per heavy atom. The van der Waals surface area contributed by atoms with Crippen LogP contribution in [-0.4, -0.2) is 24.2 Å². The summed E-state index contributed by atoms with van der Waals surface area (Å²) in [4.78, 5) is 13.5. The van der Waals surface area contributed by atoms with Gasteiger partial charge in [-0.15, -0.1) is 11.8 Å². The predicted molar refractivity (Wildman–Crippen MR) is 84.1 cm³/mol. The van der Waals surface area contributed by atoms with Crippen molar-refractivity contribution in [1.82, 2.24) is 5.32 Å². The highest BCUT2D eigenvalue weighted by Crippen LogP contribution is 2.33. The summed E-state index contributed by atoms with van der Waals surface area (Å²) < 4.78 is 0. The van der Waals surface area contributed by atoms with Gasteiger partial charge < -0.3 is 10.6 Å². The molecular weight excluding hydrogens is 268 g/mol. The molecule has 0 spiro atoms. The Balaban J connectivity index is 1.59. The summed E-state index contributed by atoms with van der Waals surface area (Å²) >= 11 is 1.71. The number of hydrogen-bond donors (Lipinski definition) is 2. The number of carbonyl (C=O) groups excluding carboxylic acids is 1. The van der Waals surface area contributed by atoms with Gasteiger partial charge in [0.25, 0.3) is 0 Å². The molecule has 3 rings (SSSR count). The van der Waals surface area contributed by atoms with E-state index in [4.69, 9.17) is 0 Å². The minimum Gasteiger partial charge on any atom is -0.325 e. The summed E-state index contributed by atoms with van der Waals surface area (Å²) in [6.07, 6.45) is 8.20. The van der Waals surface area contributed by atoms with Gasteiger partial charge >= 0.3 is 0 Å². The van der Waals surface area contributed by atoms with Crippen LogP contribution in [0.1, 0.15) is 32.1 Å². The molecule has 1 aliphatic carbocycles. The first-order chi connectivity index (χ1) is 9.76. The van der Waals surface area contributed by atoms with Crippen molar-refractivity contribution in [2.24, 2.45) is 5.92 Å². The molecule has 1 aliphatic heterocycles. The monoisotopic (exact) mass is 290 g/mol. The van der Waals surface area contributed by atoms with Crippen molar-refractivity contribution in [3.8, 4) is 0 Å². The normalized spacial score (nSPS) is 28.9. The fourth-order valence-corrected chi connectivity index (χ4v) is 3.83. The molecule has 2 fully saturated rings. The highest BCUT2D eigenvalue weighted by atomic mass is 32.2. The number of amides is 1. The Morgan fingerprint density at radius 1 is 1.25 bits per heavy atom. The summed E-state index contributed by atoms with van der Waals surface area (Å²) in [6.45, 7) is 0. The number of thioether (sulfide) groups is 1. The average Bonchev–Trinajstić information content (AvgIpc) is 2.92. The fourth-order valence-electron chi connectivity index (χ4n) is 3.42. The van der Waals surface area contributed by atoms with Gasteiger partial charge in [0, 0.05) is 16.6 Å². The molecule has 1 aromatic rings. The van der Waals surface area contributed by atoms with Gasteiger partial charge in [-0.3, -0.25) is 4.79 Å². The molecule has 1 aromatic carbocycles. The lowest BCUT2D eigenvalue weighted by Crippen LogP contribution is -2.39. The zero-order valence-electron chi connectivity index (χ0n) is 11.9. The first kappa shape index (κ1) is 14.0. The van der Waals surface area contributed by atoms with Gasteiger partial charge in [-0.25, -0.2) is 0 Å². The number of anilines is 1. The van der Waals surface area contributed by atoms with E-state index in [-0.39, 0.29) is 11.9 Å². The van der Waals surface area contributed by atoms with E-state index >= 15 is 0 Å². The van der Waals surface area contributed by atoms with Gasteiger partial charge in [-0.05, 0) is 55.7 Å². The van der Waals surface area contributed by atoms with Crippen molar-refractivity contribution >= 4 is 23.4 Å². The number of rotatable bonds is 3. The zero-order valence-corrected chi connectivity index (χ0v) is 12.7. The third kappa shape index (κ3) is 3.01. The Bertz CT molecular complexity index is 460. The molecule has 0 aromatic heterocycles. The average molecular weight is 290 g/mol. The number of carbonyl (C=O) groups is 1. The molecule has 4 heteroatoms. The second-order valence-electron chi connectivity index (χ2n) is 5.82. The van der Waals surface area contributed by atoms with E-state index in [1.165, 1.54) is 30.6 Å². The standard InChI is InChI=1S/C16H22N2OS/c1-20-13-8-6-12(7-9-13)17-16(19)15-10-11-4-2-3-5-14(11)18-15/h6-9,11,14-15,18H,2-5,10H2,1H3,(H,17,19). The van der Waals surface area contributed by atoms with Gasteiger partial charge in [-0.1, -0.05) is 12.8 Å². The molecule has 1 saturated carbocycles. The lowest BCUT2D eigenvalue weighted by Gasteiger charge is -2.24. The number of benzene rings is 1. The topological polar surface area (TPSA) is 41.1 Å². The van der Waals surface area contributed by atoms with Gasteiger partial charge in [0.2, 0.25) is 5.91 Å². The van der Waals surface area contributed by atoms with Crippen LogP contribution >= 0.6 is 11.8 Å². The molecule has 2 aliphatic rings. The molecular formula is C16H22N2OS. The van der Waals surface area contributed by atoms with Crippen LogP contribution in [0.15, 0.2) is 29.2 Å². The number of nitrogens with one attached hydrogen (secondary N) is 2. The first-order valence-corrected chi connectivity index (χ1v) is 8.69. The van der Waals surface area contributed by atoms with E-state index in [9.17, 15) is 4.79 Å². The van der Waals surface area contributed by atoms with Crippen LogP contribution in [0.25, 0.3) is 0 Å². The molecule has 1 saturated heterocycles. The van der Waals surface area contributed by atoms with E-state index in [0.717, 1.165) is 12.1 Å². The van der Waals surface area contributed by atoms with Gasteiger partial charge in [0.05, 0.1) is 6.04 Å². The number of hydrogen-bond acceptors (Lipinski definition) is 3. The van der Waals surface area contributed by atoms with Crippen molar-refractivity contribution in [2.75, 3.05) is 11.6 Å². The third-order valence-electron chi connectivity index (χ3n) is 4.54. The maximum absolute atomic E-state index is 12.3. The third-order valence-corrected chi connectivity index (χ3v) is 5.28. The predicted octanol–water partition coefficient (Wildman–Crippen LogP) is 3.27. The van der Waals surface area contributed by atoms with Gasteiger partial charge in [0.1, 0.15) is 0 Å². The maximum Gasteiger partial charge on any atom is 0.241 e. The van der Waals surface area contributed by atoms with Gasteiger partial charge in [0.15, 0.2) is 0 Å². The Morgan fingerprint density at radius 2 is 2.00 bits per heavy atom. The van der Waals surface area contributed by atoms with Crippen LogP contribution in [0.4, 0.5) is 5.69 Å². The van der Waals surface area contributed by atoms with E-state index in [2.05, 4.69) is 16.9 Å². The van der Waals surface area contributed by atoms with Crippen LogP contribution in [0.3, 0.4) is 0 Å². The molecule has 0 bridgehead atoms. The lowest BCUT2D eigenvalue weighted by atomic mass is 9.85.